The van der Waals surface area contributed by atoms with Gasteiger partial charge in [0.05, 0.1) is 43.5 Å². The van der Waals surface area contributed by atoms with Crippen LogP contribution < -0.4 is 14.8 Å². The molecule has 7 nitrogen and oxygen atoms in total. The summed E-state index contributed by atoms with van der Waals surface area (Å²) in [7, 11) is 3.22. The topological polar surface area (TPSA) is 74.6 Å². The van der Waals surface area contributed by atoms with Crippen molar-refractivity contribution in [2.45, 2.75) is 19.9 Å². The molecule has 0 amide bonds. The van der Waals surface area contributed by atoms with Gasteiger partial charge in [-0.2, -0.15) is 0 Å². The highest BCUT2D eigenvalue weighted by atomic mass is 16.5. The summed E-state index contributed by atoms with van der Waals surface area (Å²) in [4.78, 5) is 17.7. The number of esters is 1. The van der Waals surface area contributed by atoms with Gasteiger partial charge in [-0.05, 0) is 44.2 Å². The van der Waals surface area contributed by atoms with E-state index in [1.165, 1.54) is 0 Å². The molecule has 0 radical (unpaired) electrons. The fourth-order valence-corrected chi connectivity index (χ4v) is 3.78. The van der Waals surface area contributed by atoms with Crippen LogP contribution in [0.4, 0.5) is 5.95 Å². The highest BCUT2D eigenvalue weighted by Crippen LogP contribution is 2.43. The number of carbonyl (C=O) groups is 1. The molecule has 150 valence electrons. The first-order chi connectivity index (χ1) is 14.1. The zero-order chi connectivity index (χ0) is 20.5. The molecule has 1 aliphatic heterocycles. The molecule has 1 aromatic heterocycles. The zero-order valence-electron chi connectivity index (χ0n) is 16.9. The Morgan fingerprint density at radius 1 is 1.17 bits per heavy atom. The van der Waals surface area contributed by atoms with Gasteiger partial charge in [0.25, 0.3) is 0 Å². The van der Waals surface area contributed by atoms with E-state index >= 15 is 0 Å². The molecule has 1 aliphatic rings. The number of anilines is 1. The van der Waals surface area contributed by atoms with Gasteiger partial charge in [-0.25, -0.2) is 9.78 Å². The number of imidazole rings is 1. The van der Waals surface area contributed by atoms with Crippen LogP contribution in [0.1, 0.15) is 25.5 Å². The molecule has 0 aliphatic carbocycles. The number of para-hydroxylation sites is 2. The third kappa shape index (κ3) is 3.08. The number of allylic oxidation sites excluding steroid dienone is 1. The van der Waals surface area contributed by atoms with E-state index in [9.17, 15) is 4.79 Å². The van der Waals surface area contributed by atoms with E-state index < -0.39 is 6.04 Å². The Bertz CT molecular complexity index is 1120. The van der Waals surface area contributed by atoms with Crippen LogP contribution in [0.5, 0.6) is 11.5 Å². The van der Waals surface area contributed by atoms with E-state index in [1.54, 1.807) is 21.1 Å². The minimum Gasteiger partial charge on any atom is -0.497 e. The fourth-order valence-electron chi connectivity index (χ4n) is 3.78. The molecular weight excluding hydrogens is 370 g/mol. The van der Waals surface area contributed by atoms with Crippen molar-refractivity contribution in [1.29, 1.82) is 0 Å². The smallest absolute Gasteiger partial charge is 0.338 e. The highest BCUT2D eigenvalue weighted by Gasteiger charge is 2.36. The van der Waals surface area contributed by atoms with E-state index in [1.807, 2.05) is 54.0 Å². The molecule has 7 heteroatoms. The van der Waals surface area contributed by atoms with Gasteiger partial charge in [-0.1, -0.05) is 12.1 Å². The third-order valence-electron chi connectivity index (χ3n) is 5.06. The van der Waals surface area contributed by atoms with Crippen molar-refractivity contribution in [3.05, 3.63) is 59.3 Å². The van der Waals surface area contributed by atoms with Crippen LogP contribution in [0.3, 0.4) is 0 Å². The Morgan fingerprint density at radius 3 is 2.69 bits per heavy atom. The molecule has 0 saturated carbocycles. The number of nitrogens with zero attached hydrogens (tertiary/aromatic N) is 2. The predicted octanol–water partition coefficient (Wildman–Crippen LogP) is 3.91. The summed E-state index contributed by atoms with van der Waals surface area (Å²) in [5.41, 5.74) is 3.73. The molecule has 0 spiro atoms. The van der Waals surface area contributed by atoms with Crippen molar-refractivity contribution in [3.63, 3.8) is 0 Å². The SMILES string of the molecule is CCOC(=O)C1=C(C)Nc2nc3ccccc3n2C1c1cc(OC)ccc1OC. The lowest BCUT2D eigenvalue weighted by Gasteiger charge is -2.31. The molecule has 2 aromatic carbocycles. The standard InChI is InChI=1S/C22H23N3O4/c1-5-29-21(26)19-13(2)23-22-24-16-8-6-7-9-17(16)25(22)20(19)15-12-14(27-3)10-11-18(15)28-4/h6-12,20H,5H2,1-4H3,(H,23,24). The Balaban J connectivity index is 2.03. The van der Waals surface area contributed by atoms with Crippen LogP contribution in [0.2, 0.25) is 0 Å². The molecule has 29 heavy (non-hydrogen) atoms. The lowest BCUT2D eigenvalue weighted by molar-refractivity contribution is -0.139. The lowest BCUT2D eigenvalue weighted by atomic mass is 9.94. The summed E-state index contributed by atoms with van der Waals surface area (Å²) in [6, 6.07) is 12.9. The number of methoxy groups -OCH3 is 2. The van der Waals surface area contributed by atoms with E-state index in [0.29, 0.717) is 28.7 Å². The molecule has 1 N–H and O–H groups in total. The zero-order valence-corrected chi connectivity index (χ0v) is 16.9. The number of aromatic nitrogens is 2. The minimum absolute atomic E-state index is 0.287. The van der Waals surface area contributed by atoms with Crippen LogP contribution in [-0.2, 0) is 9.53 Å². The highest BCUT2D eigenvalue weighted by molar-refractivity contribution is 5.94. The molecule has 2 heterocycles. The number of carbonyl (C=O) groups excluding carboxylic acids is 1. The molecule has 1 atom stereocenters. The third-order valence-corrected chi connectivity index (χ3v) is 5.06. The maximum absolute atomic E-state index is 13.0. The van der Waals surface area contributed by atoms with E-state index in [2.05, 4.69) is 5.32 Å². The van der Waals surface area contributed by atoms with Crippen LogP contribution in [0, 0.1) is 0 Å². The predicted molar refractivity (Wildman–Crippen MR) is 110 cm³/mol. The summed E-state index contributed by atoms with van der Waals surface area (Å²) < 4.78 is 18.5. The molecule has 0 fully saturated rings. The van der Waals surface area contributed by atoms with Crippen molar-refractivity contribution in [1.82, 2.24) is 9.55 Å². The van der Waals surface area contributed by atoms with Crippen LogP contribution in [0.25, 0.3) is 11.0 Å². The van der Waals surface area contributed by atoms with Crippen LogP contribution in [0.15, 0.2) is 53.7 Å². The summed E-state index contributed by atoms with van der Waals surface area (Å²) in [5, 5.41) is 3.26. The van der Waals surface area contributed by atoms with Gasteiger partial charge in [-0.3, -0.25) is 4.57 Å². The number of benzene rings is 2. The summed E-state index contributed by atoms with van der Waals surface area (Å²) in [6.07, 6.45) is 0. The second kappa shape index (κ2) is 7.50. The quantitative estimate of drug-likeness (QED) is 0.663. The summed E-state index contributed by atoms with van der Waals surface area (Å²) in [5.74, 6) is 1.60. The Kier molecular flexibility index (Phi) is 4.88. The second-order valence-electron chi connectivity index (χ2n) is 6.69. The van der Waals surface area contributed by atoms with E-state index in [4.69, 9.17) is 19.2 Å². The first-order valence-corrected chi connectivity index (χ1v) is 9.42. The first kappa shape index (κ1) is 18.9. The summed E-state index contributed by atoms with van der Waals surface area (Å²) >= 11 is 0. The van der Waals surface area contributed by atoms with E-state index in [-0.39, 0.29) is 12.6 Å². The van der Waals surface area contributed by atoms with Crippen molar-refractivity contribution in [3.8, 4) is 11.5 Å². The van der Waals surface area contributed by atoms with Crippen LogP contribution >= 0.6 is 0 Å². The largest absolute Gasteiger partial charge is 0.497 e. The van der Waals surface area contributed by atoms with Crippen LogP contribution in [-0.4, -0.2) is 36.3 Å². The number of fused-ring (bicyclic) bond motifs is 3. The molecule has 0 saturated heterocycles. The monoisotopic (exact) mass is 393 g/mol. The molecule has 0 bridgehead atoms. The lowest BCUT2D eigenvalue weighted by Crippen LogP contribution is -2.29. The van der Waals surface area contributed by atoms with Crippen molar-refractivity contribution in [2.24, 2.45) is 0 Å². The average Bonchev–Trinajstić information content (AvgIpc) is 3.10. The maximum atomic E-state index is 13.0. The number of hydrogen-bond acceptors (Lipinski definition) is 6. The van der Waals surface area contributed by atoms with Crippen molar-refractivity contribution < 1.29 is 19.0 Å². The van der Waals surface area contributed by atoms with Gasteiger partial charge in [0, 0.05) is 11.3 Å². The van der Waals surface area contributed by atoms with Gasteiger partial charge < -0.3 is 19.5 Å². The number of rotatable bonds is 5. The number of nitrogens with one attached hydrogen (secondary N) is 1. The molecular formula is C22H23N3O4. The van der Waals surface area contributed by atoms with Gasteiger partial charge >= 0.3 is 5.97 Å². The Hall–Kier alpha value is -3.48. The van der Waals surface area contributed by atoms with Crippen molar-refractivity contribution in [2.75, 3.05) is 26.1 Å². The number of ether oxygens (including phenoxy) is 3. The van der Waals surface area contributed by atoms with Crippen molar-refractivity contribution >= 4 is 23.0 Å². The van der Waals surface area contributed by atoms with Gasteiger partial charge in [0.1, 0.15) is 11.5 Å². The normalized spacial score (nSPS) is 15.7. The minimum atomic E-state index is -0.484. The van der Waals surface area contributed by atoms with Gasteiger partial charge in [0.15, 0.2) is 0 Å². The number of hydrogen-bond donors (Lipinski definition) is 1. The summed E-state index contributed by atoms with van der Waals surface area (Å²) in [6.45, 7) is 3.94. The Morgan fingerprint density at radius 2 is 1.97 bits per heavy atom. The molecule has 3 aromatic rings. The second-order valence-corrected chi connectivity index (χ2v) is 6.69. The maximum Gasteiger partial charge on any atom is 0.338 e. The van der Waals surface area contributed by atoms with Gasteiger partial charge in [-0.15, -0.1) is 0 Å². The van der Waals surface area contributed by atoms with E-state index in [0.717, 1.165) is 16.6 Å². The first-order valence-electron chi connectivity index (χ1n) is 9.42. The molecule has 1 unspecified atom stereocenters. The fraction of sp³-hybridized carbons (Fsp3) is 0.273. The van der Waals surface area contributed by atoms with Gasteiger partial charge in [0.2, 0.25) is 5.95 Å². The molecule has 4 rings (SSSR count). The Labute approximate surface area is 168 Å². The average molecular weight is 393 g/mol.